The molecule has 1 heterocycles. The third-order valence-corrected chi connectivity index (χ3v) is 8.54. The molecule has 5 amide bonds. The van der Waals surface area contributed by atoms with Gasteiger partial charge in [0.15, 0.2) is 6.10 Å². The zero-order valence-corrected chi connectivity index (χ0v) is 25.4. The molecule has 11 heteroatoms. The number of carbonyl (C=O) groups is 4. The number of aliphatic hydroxyl groups excluding tert-OH is 1. The summed E-state index contributed by atoms with van der Waals surface area (Å²) in [5.74, 6) is -1.29. The molecule has 1 saturated heterocycles. The number of nitrogens with zero attached hydrogens (tertiary/aromatic N) is 1. The van der Waals surface area contributed by atoms with Crippen molar-refractivity contribution in [2.24, 2.45) is 17.3 Å². The number of hydrogen-bond acceptors (Lipinski definition) is 5. The van der Waals surface area contributed by atoms with Crippen LogP contribution < -0.4 is 21.0 Å². The Hall–Kier alpha value is -2.19. The monoisotopic (exact) mass is 555 g/mol. The van der Waals surface area contributed by atoms with E-state index in [-0.39, 0.29) is 24.3 Å². The lowest BCUT2D eigenvalue weighted by Gasteiger charge is -2.37. The Kier molecular flexibility index (Phi) is 13.7. The molecule has 0 aromatic rings. The van der Waals surface area contributed by atoms with Gasteiger partial charge in [-0.05, 0) is 51.0 Å². The first-order chi connectivity index (χ1) is 17.7. The summed E-state index contributed by atoms with van der Waals surface area (Å²) in [7, 11) is -0.691. The minimum Gasteiger partial charge on any atom is -0.381 e. The minimum atomic E-state index is -1.43. The van der Waals surface area contributed by atoms with Crippen molar-refractivity contribution in [1.82, 2.24) is 25.9 Å². The van der Waals surface area contributed by atoms with Crippen molar-refractivity contribution in [3.05, 3.63) is 12.7 Å². The van der Waals surface area contributed by atoms with Crippen molar-refractivity contribution in [3.8, 4) is 0 Å². The standard InChI is InChI=1S/C27H50N5O5P/c1-10-13-19(21(33)24(35)28-15-11-2)29-23(34)20-18(17(4)5)14-16-32(20)25(36)22(27(6,7)8)30-26(37)31-38(9)12-3/h11,17-22,33H,2,10,12-16H2,1,3-9H3,(H,28,35)(H,29,34)(H2,30,31,37)/t18-,19?,20+,21?,22-,38?/m1/s1. The molecule has 3 unspecified atom stereocenters. The molecule has 1 fully saturated rings. The fraction of sp³-hybridized carbons (Fsp3) is 0.778. The van der Waals surface area contributed by atoms with Gasteiger partial charge in [-0.15, -0.1) is 6.58 Å². The number of likely N-dealkylation sites (tertiary alicyclic amines) is 1. The highest BCUT2D eigenvalue weighted by Gasteiger charge is 2.47. The summed E-state index contributed by atoms with van der Waals surface area (Å²) in [4.78, 5) is 54.3. The Morgan fingerprint density at radius 1 is 1.16 bits per heavy atom. The Labute approximate surface area is 229 Å². The van der Waals surface area contributed by atoms with Gasteiger partial charge in [-0.3, -0.25) is 14.4 Å². The predicted octanol–water partition coefficient (Wildman–Crippen LogP) is 2.57. The predicted molar refractivity (Wildman–Crippen MR) is 153 cm³/mol. The van der Waals surface area contributed by atoms with E-state index in [9.17, 15) is 24.3 Å². The van der Waals surface area contributed by atoms with E-state index in [1.165, 1.54) is 6.08 Å². The lowest BCUT2D eigenvalue weighted by Crippen LogP contribution is -2.61. The number of rotatable bonds is 13. The first kappa shape index (κ1) is 33.8. The second-order valence-corrected chi connectivity index (χ2v) is 13.7. The quantitative estimate of drug-likeness (QED) is 0.176. The third kappa shape index (κ3) is 9.53. The van der Waals surface area contributed by atoms with Crippen LogP contribution in [0.2, 0.25) is 0 Å². The Morgan fingerprint density at radius 3 is 2.29 bits per heavy atom. The van der Waals surface area contributed by atoms with Crippen molar-refractivity contribution in [2.45, 2.75) is 92.0 Å². The molecular weight excluding hydrogens is 505 g/mol. The number of urea groups is 1. The number of aliphatic hydroxyl groups is 1. The maximum absolute atomic E-state index is 13.9. The Morgan fingerprint density at radius 2 is 1.79 bits per heavy atom. The largest absolute Gasteiger partial charge is 0.381 e. The lowest BCUT2D eigenvalue weighted by molar-refractivity contribution is -0.144. The van der Waals surface area contributed by atoms with Gasteiger partial charge in [0.25, 0.3) is 5.91 Å². The SMILES string of the molecule is C=CCNC(=O)C(O)C(CCC)NC(=O)[C@@H]1[C@@H](C(C)C)CCN1C(=O)[C@@H](NC(=O)NP(C)CC)C(C)(C)C. The van der Waals surface area contributed by atoms with Crippen LogP contribution in [0.15, 0.2) is 12.7 Å². The normalized spacial score (nSPS) is 20.7. The molecule has 0 saturated carbocycles. The van der Waals surface area contributed by atoms with Crippen LogP contribution in [-0.4, -0.2) is 83.9 Å². The summed E-state index contributed by atoms with van der Waals surface area (Å²) >= 11 is 0. The van der Waals surface area contributed by atoms with E-state index < -0.39 is 55.6 Å². The number of nitrogens with one attached hydrogen (secondary N) is 4. The van der Waals surface area contributed by atoms with E-state index in [1.807, 2.05) is 55.1 Å². The van der Waals surface area contributed by atoms with Gasteiger partial charge in [-0.2, -0.15) is 0 Å². The summed E-state index contributed by atoms with van der Waals surface area (Å²) in [6, 6.07) is -2.82. The first-order valence-corrected chi connectivity index (χ1v) is 15.6. The van der Waals surface area contributed by atoms with Crippen molar-refractivity contribution in [3.63, 3.8) is 0 Å². The van der Waals surface area contributed by atoms with Crippen LogP contribution in [0, 0.1) is 17.3 Å². The zero-order valence-electron chi connectivity index (χ0n) is 24.5. The third-order valence-electron chi connectivity index (χ3n) is 7.01. The zero-order chi connectivity index (χ0) is 29.2. The molecule has 0 spiro atoms. The molecular formula is C27H50N5O5P. The highest BCUT2D eigenvalue weighted by molar-refractivity contribution is 7.55. The molecule has 0 bridgehead atoms. The van der Waals surface area contributed by atoms with Gasteiger partial charge in [0.1, 0.15) is 12.1 Å². The second kappa shape index (κ2) is 15.4. The minimum absolute atomic E-state index is 0.106. The van der Waals surface area contributed by atoms with Crippen molar-refractivity contribution in [1.29, 1.82) is 0 Å². The van der Waals surface area contributed by atoms with Crippen LogP contribution >= 0.6 is 8.07 Å². The van der Waals surface area contributed by atoms with Gasteiger partial charge < -0.3 is 31.0 Å². The molecule has 5 N–H and O–H groups in total. The lowest BCUT2D eigenvalue weighted by atomic mass is 9.84. The second-order valence-electron chi connectivity index (χ2n) is 11.5. The first-order valence-electron chi connectivity index (χ1n) is 13.6. The summed E-state index contributed by atoms with van der Waals surface area (Å²) < 4.78 is 0. The van der Waals surface area contributed by atoms with Crippen LogP contribution in [0.3, 0.4) is 0 Å². The molecule has 0 aromatic heterocycles. The number of carbonyl (C=O) groups excluding carboxylic acids is 4. The van der Waals surface area contributed by atoms with Gasteiger partial charge in [0.05, 0.1) is 6.04 Å². The number of hydrogen-bond donors (Lipinski definition) is 5. The van der Waals surface area contributed by atoms with E-state index >= 15 is 0 Å². The van der Waals surface area contributed by atoms with Crippen molar-refractivity contribution >= 4 is 31.8 Å². The highest BCUT2D eigenvalue weighted by Crippen LogP contribution is 2.33. The van der Waals surface area contributed by atoms with E-state index in [1.54, 1.807) is 4.90 Å². The van der Waals surface area contributed by atoms with Crippen LogP contribution in [0.25, 0.3) is 0 Å². The summed E-state index contributed by atoms with van der Waals surface area (Å²) in [5, 5.41) is 21.9. The van der Waals surface area contributed by atoms with Gasteiger partial charge in [-0.25, -0.2) is 4.79 Å². The average molecular weight is 556 g/mol. The molecule has 0 aromatic carbocycles. The summed E-state index contributed by atoms with van der Waals surface area (Å²) in [5.41, 5.74) is -0.599. The topological polar surface area (TPSA) is 140 Å². The van der Waals surface area contributed by atoms with Gasteiger partial charge in [0, 0.05) is 13.1 Å². The van der Waals surface area contributed by atoms with Gasteiger partial charge >= 0.3 is 6.03 Å². The highest BCUT2D eigenvalue weighted by atomic mass is 31.1. The molecule has 0 aliphatic carbocycles. The van der Waals surface area contributed by atoms with Crippen LogP contribution in [0.5, 0.6) is 0 Å². The fourth-order valence-corrected chi connectivity index (χ4v) is 5.25. The van der Waals surface area contributed by atoms with Crippen molar-refractivity contribution < 1.29 is 24.3 Å². The van der Waals surface area contributed by atoms with E-state index in [0.29, 0.717) is 25.8 Å². The maximum Gasteiger partial charge on any atom is 0.318 e. The summed E-state index contributed by atoms with van der Waals surface area (Å²) in [6.45, 7) is 19.7. The molecule has 38 heavy (non-hydrogen) atoms. The Balaban J connectivity index is 3.24. The van der Waals surface area contributed by atoms with E-state index in [2.05, 4.69) is 27.6 Å². The molecule has 1 rings (SSSR count). The van der Waals surface area contributed by atoms with Crippen LogP contribution in [0.4, 0.5) is 4.79 Å². The molecule has 218 valence electrons. The van der Waals surface area contributed by atoms with Gasteiger partial charge in [0.2, 0.25) is 11.8 Å². The number of amides is 5. The maximum atomic E-state index is 13.9. The average Bonchev–Trinajstić information content (AvgIpc) is 3.29. The molecule has 0 radical (unpaired) electrons. The molecule has 1 aliphatic heterocycles. The van der Waals surface area contributed by atoms with Gasteiger partial charge in [-0.1, -0.05) is 61.0 Å². The molecule has 10 nitrogen and oxygen atoms in total. The van der Waals surface area contributed by atoms with Crippen molar-refractivity contribution in [2.75, 3.05) is 25.9 Å². The fourth-order valence-electron chi connectivity index (χ4n) is 4.68. The Bertz CT molecular complexity index is 831. The van der Waals surface area contributed by atoms with E-state index in [4.69, 9.17) is 0 Å². The summed E-state index contributed by atoms with van der Waals surface area (Å²) in [6.07, 6.45) is 2.57. The van der Waals surface area contributed by atoms with E-state index in [0.717, 1.165) is 6.16 Å². The molecule has 1 aliphatic rings. The molecule has 6 atom stereocenters. The van der Waals surface area contributed by atoms with Crippen LogP contribution in [0.1, 0.15) is 67.7 Å². The smallest absolute Gasteiger partial charge is 0.318 e. The van der Waals surface area contributed by atoms with Crippen LogP contribution in [-0.2, 0) is 14.4 Å².